The van der Waals surface area contributed by atoms with E-state index in [0.29, 0.717) is 0 Å². The van der Waals surface area contributed by atoms with Crippen LogP contribution in [0.4, 0.5) is 0 Å². The Morgan fingerprint density at radius 1 is 1.24 bits per heavy atom. The second kappa shape index (κ2) is 7.50. The highest BCUT2D eigenvalue weighted by molar-refractivity contribution is 7.81. The molecule has 0 saturated carbocycles. The fourth-order valence-corrected chi connectivity index (χ4v) is 3.49. The van der Waals surface area contributed by atoms with Gasteiger partial charge in [0, 0.05) is 10.2 Å². The van der Waals surface area contributed by atoms with Gasteiger partial charge < -0.3 is 9.97 Å². The Bertz CT molecular complexity index is 627. The fraction of sp³-hybridized carbons (Fsp3) is 0.619. The number of thiol groups is 1. The third-order valence-electron chi connectivity index (χ3n) is 6.00. The van der Waals surface area contributed by atoms with Gasteiger partial charge in [-0.05, 0) is 78.6 Å². The van der Waals surface area contributed by atoms with Crippen LogP contribution in [0.3, 0.4) is 0 Å². The quantitative estimate of drug-likeness (QED) is 0.457. The van der Waals surface area contributed by atoms with Crippen molar-refractivity contribution in [3.63, 3.8) is 0 Å². The molecule has 0 bridgehead atoms. The predicted molar refractivity (Wildman–Crippen MR) is 113 cm³/mol. The zero-order valence-electron chi connectivity index (χ0n) is 16.7. The van der Waals surface area contributed by atoms with Crippen molar-refractivity contribution in [2.75, 3.05) is 13.1 Å². The first-order valence-corrected chi connectivity index (χ1v) is 9.66. The Kier molecular flexibility index (Phi) is 6.18. The molecular weight excluding hydrogens is 325 g/mol. The number of aryl methyl sites for hydroxylation is 1. The third kappa shape index (κ3) is 4.35. The first-order chi connectivity index (χ1) is 11.5. The van der Waals surface area contributed by atoms with Crippen molar-refractivity contribution in [1.29, 1.82) is 0 Å². The molecule has 0 atom stereocenters. The Hall–Kier alpha value is -0.705. The minimum atomic E-state index is -0.351. The molecular formula is C21H33BNOS. The molecule has 1 fully saturated rings. The molecule has 2 rings (SSSR count). The summed E-state index contributed by atoms with van der Waals surface area (Å²) >= 11 is 4.66. The van der Waals surface area contributed by atoms with E-state index in [9.17, 15) is 0 Å². The molecule has 0 unspecified atom stereocenters. The zero-order chi connectivity index (χ0) is 18.9. The molecule has 0 spiro atoms. The summed E-state index contributed by atoms with van der Waals surface area (Å²) in [5, 5.41) is 3.47. The normalized spacial score (nSPS) is 18.0. The van der Waals surface area contributed by atoms with Gasteiger partial charge in [-0.1, -0.05) is 35.8 Å². The van der Waals surface area contributed by atoms with Crippen LogP contribution in [0.2, 0.25) is 0 Å². The maximum absolute atomic E-state index is 6.06. The summed E-state index contributed by atoms with van der Waals surface area (Å²) in [4.78, 5) is 0. The van der Waals surface area contributed by atoms with Gasteiger partial charge >= 0.3 is 7.48 Å². The summed E-state index contributed by atoms with van der Waals surface area (Å²) < 4.78 is 5.84. The maximum Gasteiger partial charge on any atom is 0.330 e. The SMILES string of the molecule is C=C(C)C1(c2ccc([B]OC(C)(C)C(C)(C)S)cc2C)CCNCC1. The second-order valence-corrected chi connectivity index (χ2v) is 9.61. The largest absolute Gasteiger partial charge is 0.428 e. The van der Waals surface area contributed by atoms with E-state index < -0.39 is 0 Å². The smallest absolute Gasteiger partial charge is 0.330 e. The van der Waals surface area contributed by atoms with Crippen LogP contribution in [-0.4, -0.2) is 30.9 Å². The summed E-state index contributed by atoms with van der Waals surface area (Å²) in [5.74, 6) is 0. The highest BCUT2D eigenvalue weighted by atomic mass is 32.1. The van der Waals surface area contributed by atoms with Crippen molar-refractivity contribution in [3.8, 4) is 0 Å². The highest BCUT2D eigenvalue weighted by Crippen LogP contribution is 2.40. The summed E-state index contributed by atoms with van der Waals surface area (Å²) in [6, 6.07) is 6.66. The van der Waals surface area contributed by atoms with Crippen LogP contribution >= 0.6 is 12.6 Å². The van der Waals surface area contributed by atoms with Gasteiger partial charge in [0.1, 0.15) is 0 Å². The Morgan fingerprint density at radius 2 is 1.84 bits per heavy atom. The number of benzene rings is 1. The summed E-state index contributed by atoms with van der Waals surface area (Å²) in [6.07, 6.45) is 2.23. The molecule has 1 N–H and O–H groups in total. The van der Waals surface area contributed by atoms with Gasteiger partial charge in [-0.3, -0.25) is 0 Å². The van der Waals surface area contributed by atoms with Crippen LogP contribution < -0.4 is 10.8 Å². The Balaban J connectivity index is 2.22. The molecule has 0 amide bonds. The molecule has 1 aliphatic heterocycles. The maximum atomic E-state index is 6.06. The molecule has 4 heteroatoms. The highest BCUT2D eigenvalue weighted by Gasteiger charge is 2.36. The van der Waals surface area contributed by atoms with Crippen LogP contribution in [0.5, 0.6) is 0 Å². The number of hydrogen-bond donors (Lipinski definition) is 2. The average Bonchev–Trinajstić information content (AvgIpc) is 2.52. The van der Waals surface area contributed by atoms with Crippen LogP contribution in [-0.2, 0) is 10.1 Å². The van der Waals surface area contributed by atoms with Gasteiger partial charge in [-0.2, -0.15) is 12.6 Å². The molecule has 1 heterocycles. The van der Waals surface area contributed by atoms with E-state index in [2.05, 4.69) is 84.3 Å². The van der Waals surface area contributed by atoms with E-state index in [1.54, 1.807) is 0 Å². The first-order valence-electron chi connectivity index (χ1n) is 9.21. The van der Waals surface area contributed by atoms with Crippen LogP contribution in [0.25, 0.3) is 0 Å². The third-order valence-corrected chi connectivity index (χ3v) is 6.54. The fourth-order valence-electron chi connectivity index (χ4n) is 3.44. The predicted octanol–water partition coefficient (Wildman–Crippen LogP) is 3.94. The Morgan fingerprint density at radius 3 is 2.32 bits per heavy atom. The minimum absolute atomic E-state index is 0.0983. The zero-order valence-corrected chi connectivity index (χ0v) is 17.6. The molecule has 1 aromatic rings. The van der Waals surface area contributed by atoms with E-state index in [-0.39, 0.29) is 15.8 Å². The van der Waals surface area contributed by atoms with E-state index in [1.165, 1.54) is 16.7 Å². The molecule has 25 heavy (non-hydrogen) atoms. The number of piperidine rings is 1. The lowest BCUT2D eigenvalue weighted by atomic mass is 9.67. The minimum Gasteiger partial charge on any atom is -0.428 e. The summed E-state index contributed by atoms with van der Waals surface area (Å²) in [6.45, 7) is 19.1. The summed E-state index contributed by atoms with van der Waals surface area (Å²) in [5.41, 5.74) is 4.83. The molecule has 137 valence electrons. The number of rotatable bonds is 6. The van der Waals surface area contributed by atoms with Crippen LogP contribution in [0, 0.1) is 6.92 Å². The van der Waals surface area contributed by atoms with E-state index in [0.717, 1.165) is 31.4 Å². The van der Waals surface area contributed by atoms with Crippen LogP contribution in [0.1, 0.15) is 58.6 Å². The van der Waals surface area contributed by atoms with Gasteiger partial charge in [-0.25, -0.2) is 0 Å². The number of hydrogen-bond acceptors (Lipinski definition) is 3. The average molecular weight is 358 g/mol. The standard InChI is InChI=1S/C21H33BNOS/c1-15(2)21(10-12-23-13-11-21)18-9-8-17(14-16(18)3)22-24-19(4,5)20(6,7)25/h8-9,14,23,25H,1,10-13H2,2-7H3. The van der Waals surface area contributed by atoms with Gasteiger partial charge in [0.05, 0.1) is 5.60 Å². The Labute approximate surface area is 160 Å². The van der Waals surface area contributed by atoms with E-state index in [1.807, 2.05) is 7.48 Å². The van der Waals surface area contributed by atoms with Gasteiger partial charge in [0.15, 0.2) is 0 Å². The summed E-state index contributed by atoms with van der Waals surface area (Å²) in [7, 11) is 1.87. The van der Waals surface area contributed by atoms with Gasteiger partial charge in [-0.15, -0.1) is 0 Å². The number of nitrogens with one attached hydrogen (secondary N) is 1. The molecule has 0 aliphatic carbocycles. The monoisotopic (exact) mass is 358 g/mol. The number of allylic oxidation sites excluding steroid dienone is 1. The van der Waals surface area contributed by atoms with E-state index >= 15 is 0 Å². The molecule has 1 aromatic carbocycles. The molecule has 1 saturated heterocycles. The van der Waals surface area contributed by atoms with Gasteiger partial charge in [0.25, 0.3) is 0 Å². The lowest BCUT2D eigenvalue weighted by Gasteiger charge is -2.40. The molecule has 1 radical (unpaired) electrons. The van der Waals surface area contributed by atoms with Crippen molar-refractivity contribution in [2.45, 2.75) is 70.1 Å². The van der Waals surface area contributed by atoms with Gasteiger partial charge in [0.2, 0.25) is 0 Å². The first kappa shape index (κ1) is 20.6. The van der Waals surface area contributed by atoms with Crippen molar-refractivity contribution in [1.82, 2.24) is 5.32 Å². The topological polar surface area (TPSA) is 21.3 Å². The second-order valence-electron chi connectivity index (χ2n) is 8.49. The van der Waals surface area contributed by atoms with E-state index in [4.69, 9.17) is 4.65 Å². The molecule has 0 aromatic heterocycles. The molecule has 2 nitrogen and oxygen atoms in total. The van der Waals surface area contributed by atoms with Crippen molar-refractivity contribution in [2.24, 2.45) is 0 Å². The van der Waals surface area contributed by atoms with Crippen molar-refractivity contribution in [3.05, 3.63) is 41.5 Å². The molecule has 1 aliphatic rings. The van der Waals surface area contributed by atoms with Crippen molar-refractivity contribution < 1.29 is 4.65 Å². The lowest BCUT2D eigenvalue weighted by molar-refractivity contribution is 0.0854. The van der Waals surface area contributed by atoms with Crippen molar-refractivity contribution >= 4 is 25.6 Å². The van der Waals surface area contributed by atoms with Crippen LogP contribution in [0.15, 0.2) is 30.4 Å². The lowest BCUT2D eigenvalue weighted by Crippen LogP contribution is -2.46.